The highest BCUT2D eigenvalue weighted by molar-refractivity contribution is 7.13. The molecule has 0 radical (unpaired) electrons. The molecule has 8 nitrogen and oxygen atoms in total. The number of hydrogen-bond acceptors (Lipinski definition) is 7. The van der Waals surface area contributed by atoms with Crippen LogP contribution in [0.1, 0.15) is 24.2 Å². The number of piperidine rings is 1. The Bertz CT molecular complexity index is 752. The molecular weight excluding hydrogens is 340 g/mol. The molecule has 0 saturated carbocycles. The summed E-state index contributed by atoms with van der Waals surface area (Å²) in [6.45, 7) is 3.43. The van der Waals surface area contributed by atoms with Crippen molar-refractivity contribution in [3.63, 3.8) is 0 Å². The molecule has 0 bridgehead atoms. The molecule has 1 saturated heterocycles. The van der Waals surface area contributed by atoms with Gasteiger partial charge in [-0.05, 0) is 31.9 Å². The standard InChI is InChI=1S/C16H20N6O2S/c1-10-2-3-14(21-20-10)22-6-4-11(5-7-22)15(24)19-16-18-12(9-25-16)8-13(17)23/h2-3,9,11H,4-8H2,1H3,(H2,17,23)(H,18,19,24). The van der Waals surface area contributed by atoms with E-state index in [-0.39, 0.29) is 18.2 Å². The maximum Gasteiger partial charge on any atom is 0.229 e. The van der Waals surface area contributed by atoms with Gasteiger partial charge < -0.3 is 16.0 Å². The Kier molecular flexibility index (Phi) is 5.22. The monoisotopic (exact) mass is 360 g/mol. The molecule has 3 N–H and O–H groups in total. The number of primary amides is 1. The minimum absolute atomic E-state index is 0.0328. The fourth-order valence-corrected chi connectivity index (χ4v) is 3.48. The Hall–Kier alpha value is -2.55. The van der Waals surface area contributed by atoms with Crippen molar-refractivity contribution in [2.24, 2.45) is 11.7 Å². The lowest BCUT2D eigenvalue weighted by molar-refractivity contribution is -0.120. The SMILES string of the molecule is Cc1ccc(N2CCC(C(=O)Nc3nc(CC(N)=O)cs3)CC2)nn1. The molecule has 0 aliphatic carbocycles. The first kappa shape index (κ1) is 17.3. The van der Waals surface area contributed by atoms with E-state index in [1.165, 1.54) is 11.3 Å². The second-order valence-electron chi connectivity index (χ2n) is 6.07. The molecule has 2 aromatic rings. The Morgan fingerprint density at radius 2 is 2.08 bits per heavy atom. The number of aromatic nitrogens is 3. The molecule has 1 aliphatic heterocycles. The maximum atomic E-state index is 12.4. The van der Waals surface area contributed by atoms with Gasteiger partial charge in [0.05, 0.1) is 17.8 Å². The van der Waals surface area contributed by atoms with Crippen molar-refractivity contribution in [1.29, 1.82) is 0 Å². The molecule has 0 aromatic carbocycles. The second kappa shape index (κ2) is 7.56. The predicted molar refractivity (Wildman–Crippen MR) is 95.3 cm³/mol. The minimum atomic E-state index is -0.435. The third-order valence-electron chi connectivity index (χ3n) is 4.11. The number of carbonyl (C=O) groups excluding carboxylic acids is 2. The molecule has 0 atom stereocenters. The quantitative estimate of drug-likeness (QED) is 0.826. The largest absolute Gasteiger partial charge is 0.369 e. The highest BCUT2D eigenvalue weighted by atomic mass is 32.1. The van der Waals surface area contributed by atoms with Crippen molar-refractivity contribution >= 4 is 34.1 Å². The number of thiazole rings is 1. The van der Waals surface area contributed by atoms with Crippen LogP contribution in [0.25, 0.3) is 0 Å². The summed E-state index contributed by atoms with van der Waals surface area (Å²) >= 11 is 1.30. The number of aryl methyl sites for hydroxylation is 1. The van der Waals surface area contributed by atoms with Gasteiger partial charge in [0.15, 0.2) is 10.9 Å². The van der Waals surface area contributed by atoms with E-state index in [0.717, 1.165) is 37.4 Å². The summed E-state index contributed by atoms with van der Waals surface area (Å²) < 4.78 is 0. The molecule has 1 aliphatic rings. The lowest BCUT2D eigenvalue weighted by atomic mass is 9.96. The van der Waals surface area contributed by atoms with E-state index >= 15 is 0 Å². The predicted octanol–water partition coefficient (Wildman–Crippen LogP) is 1.12. The van der Waals surface area contributed by atoms with Gasteiger partial charge in [0.25, 0.3) is 0 Å². The van der Waals surface area contributed by atoms with Gasteiger partial charge in [0, 0.05) is 24.4 Å². The number of amides is 2. The highest BCUT2D eigenvalue weighted by Crippen LogP contribution is 2.24. The topological polar surface area (TPSA) is 114 Å². The number of nitrogens with zero attached hydrogens (tertiary/aromatic N) is 4. The Morgan fingerprint density at radius 3 is 2.72 bits per heavy atom. The van der Waals surface area contributed by atoms with Crippen LogP contribution in [0.4, 0.5) is 10.9 Å². The fraction of sp³-hybridized carbons (Fsp3) is 0.438. The van der Waals surface area contributed by atoms with Crippen LogP contribution in [0.2, 0.25) is 0 Å². The van der Waals surface area contributed by atoms with E-state index < -0.39 is 5.91 Å². The third-order valence-corrected chi connectivity index (χ3v) is 4.92. The summed E-state index contributed by atoms with van der Waals surface area (Å²) in [6, 6.07) is 3.89. The molecular formula is C16H20N6O2S. The molecule has 3 rings (SSSR count). The molecule has 1 fully saturated rings. The zero-order valence-electron chi connectivity index (χ0n) is 13.9. The first-order chi connectivity index (χ1) is 12.0. The van der Waals surface area contributed by atoms with Gasteiger partial charge in [-0.1, -0.05) is 0 Å². The first-order valence-electron chi connectivity index (χ1n) is 8.10. The van der Waals surface area contributed by atoms with Crippen LogP contribution in [-0.4, -0.2) is 40.1 Å². The van der Waals surface area contributed by atoms with Gasteiger partial charge >= 0.3 is 0 Å². The molecule has 2 aromatic heterocycles. The number of nitrogens with one attached hydrogen (secondary N) is 1. The summed E-state index contributed by atoms with van der Waals surface area (Å²) in [4.78, 5) is 29.7. The van der Waals surface area contributed by atoms with E-state index in [2.05, 4.69) is 25.4 Å². The number of hydrogen-bond donors (Lipinski definition) is 2. The Balaban J connectivity index is 1.52. The molecule has 0 spiro atoms. The van der Waals surface area contributed by atoms with Crippen molar-refractivity contribution in [3.8, 4) is 0 Å². The van der Waals surface area contributed by atoms with Gasteiger partial charge in [-0.25, -0.2) is 4.98 Å². The lowest BCUT2D eigenvalue weighted by Crippen LogP contribution is -2.38. The van der Waals surface area contributed by atoms with E-state index in [0.29, 0.717) is 10.8 Å². The van der Waals surface area contributed by atoms with Gasteiger partial charge in [-0.15, -0.1) is 16.4 Å². The van der Waals surface area contributed by atoms with Crippen molar-refractivity contribution in [1.82, 2.24) is 15.2 Å². The number of carbonyl (C=O) groups is 2. The van der Waals surface area contributed by atoms with Crippen LogP contribution >= 0.6 is 11.3 Å². The van der Waals surface area contributed by atoms with Crippen LogP contribution in [0, 0.1) is 12.8 Å². The smallest absolute Gasteiger partial charge is 0.229 e. The third kappa shape index (κ3) is 4.50. The van der Waals surface area contributed by atoms with Crippen LogP contribution < -0.4 is 16.0 Å². The van der Waals surface area contributed by atoms with E-state index in [1.54, 1.807) is 5.38 Å². The molecule has 132 valence electrons. The van der Waals surface area contributed by atoms with Crippen LogP contribution in [0.3, 0.4) is 0 Å². The van der Waals surface area contributed by atoms with Crippen molar-refractivity contribution in [3.05, 3.63) is 28.9 Å². The van der Waals surface area contributed by atoms with Gasteiger partial charge in [0.2, 0.25) is 11.8 Å². The van der Waals surface area contributed by atoms with Crippen molar-refractivity contribution in [2.75, 3.05) is 23.3 Å². The average Bonchev–Trinajstić information content (AvgIpc) is 3.02. The summed E-state index contributed by atoms with van der Waals surface area (Å²) in [5.74, 6) is 0.322. The molecule has 3 heterocycles. The highest BCUT2D eigenvalue weighted by Gasteiger charge is 2.26. The Labute approximate surface area is 149 Å². The normalized spacial score (nSPS) is 15.2. The minimum Gasteiger partial charge on any atom is -0.369 e. The molecule has 25 heavy (non-hydrogen) atoms. The van der Waals surface area contributed by atoms with Gasteiger partial charge in [0.1, 0.15) is 0 Å². The van der Waals surface area contributed by atoms with Gasteiger partial charge in [-0.3, -0.25) is 9.59 Å². The van der Waals surface area contributed by atoms with Crippen LogP contribution in [0.5, 0.6) is 0 Å². The second-order valence-corrected chi connectivity index (χ2v) is 6.93. The summed E-state index contributed by atoms with van der Waals surface area (Å²) in [7, 11) is 0. The summed E-state index contributed by atoms with van der Waals surface area (Å²) in [5, 5.41) is 13.4. The van der Waals surface area contributed by atoms with Gasteiger partial charge in [-0.2, -0.15) is 5.10 Å². The maximum absolute atomic E-state index is 12.4. The molecule has 9 heteroatoms. The molecule has 0 unspecified atom stereocenters. The average molecular weight is 360 g/mol. The van der Waals surface area contributed by atoms with E-state index in [4.69, 9.17) is 5.73 Å². The number of nitrogens with two attached hydrogens (primary N) is 1. The number of anilines is 2. The van der Waals surface area contributed by atoms with E-state index in [1.807, 2.05) is 19.1 Å². The van der Waals surface area contributed by atoms with Crippen LogP contribution in [-0.2, 0) is 16.0 Å². The molecule has 2 amide bonds. The van der Waals surface area contributed by atoms with E-state index in [9.17, 15) is 9.59 Å². The van der Waals surface area contributed by atoms with Crippen LogP contribution in [0.15, 0.2) is 17.5 Å². The van der Waals surface area contributed by atoms with Crippen molar-refractivity contribution in [2.45, 2.75) is 26.2 Å². The zero-order chi connectivity index (χ0) is 17.8. The summed E-state index contributed by atoms with van der Waals surface area (Å²) in [5.41, 5.74) is 6.62. The van der Waals surface area contributed by atoms with Crippen molar-refractivity contribution < 1.29 is 9.59 Å². The first-order valence-corrected chi connectivity index (χ1v) is 8.98. The number of rotatable bonds is 5. The lowest BCUT2D eigenvalue weighted by Gasteiger charge is -2.31. The zero-order valence-corrected chi connectivity index (χ0v) is 14.8. The fourth-order valence-electron chi connectivity index (χ4n) is 2.76. The summed E-state index contributed by atoms with van der Waals surface area (Å²) in [6.07, 6.45) is 1.59. The Morgan fingerprint density at radius 1 is 1.32 bits per heavy atom.